The Kier molecular flexibility index (Phi) is 3.63. The number of hydrogen-bond acceptors (Lipinski definition) is 4. The summed E-state index contributed by atoms with van der Waals surface area (Å²) >= 11 is 3.41. The summed E-state index contributed by atoms with van der Waals surface area (Å²) in [5.41, 5.74) is 1.75. The molecule has 0 fully saturated rings. The predicted molar refractivity (Wildman–Crippen MR) is 77.9 cm³/mol. The molecule has 1 aliphatic heterocycles. The van der Waals surface area contributed by atoms with Crippen LogP contribution in [0.1, 0.15) is 29.8 Å². The van der Waals surface area contributed by atoms with Crippen LogP contribution in [0.2, 0.25) is 0 Å². The highest BCUT2D eigenvalue weighted by atomic mass is 79.9. The van der Waals surface area contributed by atoms with Crippen LogP contribution >= 0.6 is 15.9 Å². The van der Waals surface area contributed by atoms with Crippen LogP contribution in [0.3, 0.4) is 0 Å². The van der Waals surface area contributed by atoms with Crippen molar-refractivity contribution in [3.8, 4) is 11.6 Å². The maximum Gasteiger partial charge on any atom is 0.212 e. The monoisotopic (exact) mass is 335 g/mol. The molecular formula is C15H14BrNO3. The van der Waals surface area contributed by atoms with Crippen LogP contribution in [0, 0.1) is 0 Å². The second kappa shape index (κ2) is 5.42. The van der Waals surface area contributed by atoms with Gasteiger partial charge in [-0.15, -0.1) is 0 Å². The van der Waals surface area contributed by atoms with Crippen LogP contribution in [0.4, 0.5) is 0 Å². The van der Waals surface area contributed by atoms with Gasteiger partial charge in [0.05, 0.1) is 13.2 Å². The molecule has 0 spiro atoms. The van der Waals surface area contributed by atoms with Gasteiger partial charge in [-0.1, -0.05) is 22.0 Å². The van der Waals surface area contributed by atoms with Crippen molar-refractivity contribution >= 4 is 15.9 Å². The highest BCUT2D eigenvalue weighted by Gasteiger charge is 2.28. The number of nitrogens with zero attached hydrogens (tertiary/aromatic N) is 1. The molecule has 1 aliphatic rings. The van der Waals surface area contributed by atoms with Crippen LogP contribution in [-0.2, 0) is 0 Å². The molecular weight excluding hydrogens is 322 g/mol. The first-order valence-corrected chi connectivity index (χ1v) is 7.11. The first-order chi connectivity index (χ1) is 9.67. The fraction of sp³-hybridized carbons (Fsp3) is 0.267. The molecule has 4 nitrogen and oxygen atoms in total. The van der Waals surface area contributed by atoms with E-state index in [0.717, 1.165) is 15.6 Å². The summed E-state index contributed by atoms with van der Waals surface area (Å²) in [6, 6.07) is 9.36. The maximum atomic E-state index is 10.2. The van der Waals surface area contributed by atoms with Crippen molar-refractivity contribution in [2.24, 2.45) is 0 Å². The van der Waals surface area contributed by atoms with Gasteiger partial charge >= 0.3 is 0 Å². The second-order valence-electron chi connectivity index (χ2n) is 4.67. The van der Waals surface area contributed by atoms with Crippen molar-refractivity contribution in [2.45, 2.75) is 18.6 Å². The van der Waals surface area contributed by atoms with Crippen LogP contribution in [-0.4, -0.2) is 17.2 Å². The zero-order chi connectivity index (χ0) is 14.1. The third kappa shape index (κ3) is 2.51. The molecule has 1 N–H and O–H groups in total. The quantitative estimate of drug-likeness (QED) is 0.913. The number of ether oxygens (including phenoxy) is 2. The van der Waals surface area contributed by atoms with Gasteiger partial charge in [-0.25, -0.2) is 4.98 Å². The molecule has 0 saturated heterocycles. The van der Waals surface area contributed by atoms with E-state index in [-0.39, 0.29) is 6.10 Å². The lowest BCUT2D eigenvalue weighted by Gasteiger charge is -2.29. The van der Waals surface area contributed by atoms with Crippen molar-refractivity contribution in [3.63, 3.8) is 0 Å². The molecule has 0 amide bonds. The molecule has 2 heterocycles. The van der Waals surface area contributed by atoms with E-state index in [1.54, 1.807) is 19.4 Å². The van der Waals surface area contributed by atoms with Crippen LogP contribution < -0.4 is 9.47 Å². The summed E-state index contributed by atoms with van der Waals surface area (Å²) in [5, 5.41) is 10.2. The number of aliphatic hydroxyl groups excluding tert-OH is 1. The van der Waals surface area contributed by atoms with Gasteiger partial charge in [0.2, 0.25) is 5.88 Å². The standard InChI is InChI=1S/C15H14BrNO3/c1-19-15-5-2-9(8-17-15)13-7-12(18)11-4-3-10(16)6-14(11)20-13/h2-6,8,12-13,18H,7H2,1H3/t12-,13?/m1/s1. The van der Waals surface area contributed by atoms with Gasteiger partial charge in [-0.3, -0.25) is 0 Å². The Balaban J connectivity index is 1.89. The van der Waals surface area contributed by atoms with Gasteiger partial charge in [0, 0.05) is 34.3 Å². The topological polar surface area (TPSA) is 51.6 Å². The minimum Gasteiger partial charge on any atom is -0.485 e. The Hall–Kier alpha value is -1.59. The SMILES string of the molecule is COc1ccc(C2C[C@@H](O)c3ccc(Br)cc3O2)cn1. The minimum atomic E-state index is -0.529. The minimum absolute atomic E-state index is 0.204. The molecule has 3 rings (SSSR count). The van der Waals surface area contributed by atoms with Gasteiger partial charge in [-0.05, 0) is 18.2 Å². The van der Waals surface area contributed by atoms with Gasteiger partial charge < -0.3 is 14.6 Å². The molecule has 0 saturated carbocycles. The largest absolute Gasteiger partial charge is 0.485 e. The molecule has 1 unspecified atom stereocenters. The van der Waals surface area contributed by atoms with E-state index in [1.165, 1.54) is 0 Å². The van der Waals surface area contributed by atoms with Gasteiger partial charge in [0.15, 0.2) is 0 Å². The maximum absolute atomic E-state index is 10.2. The Morgan fingerprint density at radius 2 is 2.20 bits per heavy atom. The fourth-order valence-electron chi connectivity index (χ4n) is 2.32. The Morgan fingerprint density at radius 1 is 1.35 bits per heavy atom. The zero-order valence-electron chi connectivity index (χ0n) is 10.9. The van der Waals surface area contributed by atoms with Crippen molar-refractivity contribution in [3.05, 3.63) is 52.1 Å². The van der Waals surface area contributed by atoms with E-state index in [1.807, 2.05) is 24.3 Å². The van der Waals surface area contributed by atoms with E-state index in [0.29, 0.717) is 18.1 Å². The van der Waals surface area contributed by atoms with Crippen molar-refractivity contribution in [2.75, 3.05) is 7.11 Å². The normalized spacial score (nSPS) is 20.9. The molecule has 1 aromatic heterocycles. The molecule has 0 aliphatic carbocycles. The number of halogens is 1. The number of pyridine rings is 1. The zero-order valence-corrected chi connectivity index (χ0v) is 12.5. The Labute approximate surface area is 125 Å². The highest BCUT2D eigenvalue weighted by molar-refractivity contribution is 9.10. The summed E-state index contributed by atoms with van der Waals surface area (Å²) in [4.78, 5) is 4.18. The molecule has 5 heteroatoms. The number of methoxy groups -OCH3 is 1. The van der Waals surface area contributed by atoms with Crippen molar-refractivity contribution in [1.82, 2.24) is 4.98 Å². The smallest absolute Gasteiger partial charge is 0.212 e. The second-order valence-corrected chi connectivity index (χ2v) is 5.59. The molecule has 0 radical (unpaired) electrons. The third-order valence-corrected chi connectivity index (χ3v) is 3.87. The van der Waals surface area contributed by atoms with Crippen molar-refractivity contribution < 1.29 is 14.6 Å². The summed E-state index contributed by atoms with van der Waals surface area (Å²) in [7, 11) is 1.58. The average Bonchev–Trinajstić information content (AvgIpc) is 2.46. The number of benzene rings is 1. The first-order valence-electron chi connectivity index (χ1n) is 6.31. The number of hydrogen-bond donors (Lipinski definition) is 1. The molecule has 1 aromatic carbocycles. The van der Waals surface area contributed by atoms with Gasteiger partial charge in [-0.2, -0.15) is 0 Å². The van der Waals surface area contributed by atoms with E-state index in [2.05, 4.69) is 20.9 Å². The van der Waals surface area contributed by atoms with E-state index >= 15 is 0 Å². The molecule has 20 heavy (non-hydrogen) atoms. The lowest BCUT2D eigenvalue weighted by molar-refractivity contribution is 0.0655. The molecule has 2 atom stereocenters. The molecule has 2 aromatic rings. The van der Waals surface area contributed by atoms with E-state index < -0.39 is 6.10 Å². The van der Waals surface area contributed by atoms with Gasteiger partial charge in [0.1, 0.15) is 11.9 Å². The summed E-state index contributed by atoms with van der Waals surface area (Å²) < 4.78 is 11.9. The number of fused-ring (bicyclic) bond motifs is 1. The summed E-state index contributed by atoms with van der Waals surface area (Å²) in [6.07, 6.45) is 1.51. The average molecular weight is 336 g/mol. The van der Waals surface area contributed by atoms with E-state index in [4.69, 9.17) is 9.47 Å². The highest BCUT2D eigenvalue weighted by Crippen LogP contribution is 2.41. The third-order valence-electron chi connectivity index (χ3n) is 3.38. The van der Waals surface area contributed by atoms with Gasteiger partial charge in [0.25, 0.3) is 0 Å². The van der Waals surface area contributed by atoms with Crippen LogP contribution in [0.15, 0.2) is 41.0 Å². The number of aromatic nitrogens is 1. The Morgan fingerprint density at radius 3 is 2.90 bits per heavy atom. The lowest BCUT2D eigenvalue weighted by Crippen LogP contribution is -2.19. The number of rotatable bonds is 2. The van der Waals surface area contributed by atoms with E-state index in [9.17, 15) is 5.11 Å². The first kappa shape index (κ1) is 13.4. The van der Waals surface area contributed by atoms with Crippen LogP contribution in [0.25, 0.3) is 0 Å². The summed E-state index contributed by atoms with van der Waals surface area (Å²) in [5.74, 6) is 1.27. The molecule has 104 valence electrons. The summed E-state index contributed by atoms with van der Waals surface area (Å²) in [6.45, 7) is 0. The lowest BCUT2D eigenvalue weighted by atomic mass is 9.96. The fourth-order valence-corrected chi connectivity index (χ4v) is 2.66. The van der Waals surface area contributed by atoms with Crippen LogP contribution in [0.5, 0.6) is 11.6 Å². The van der Waals surface area contributed by atoms with Crippen molar-refractivity contribution in [1.29, 1.82) is 0 Å². The predicted octanol–water partition coefficient (Wildman–Crippen LogP) is 3.41. The molecule has 0 bridgehead atoms. The Bertz CT molecular complexity index is 615. The number of aliphatic hydroxyl groups is 1.